The molecule has 0 fully saturated rings. The van der Waals surface area contributed by atoms with E-state index in [9.17, 15) is 12.8 Å². The predicted molar refractivity (Wildman–Crippen MR) is 76.4 cm³/mol. The molecule has 0 saturated carbocycles. The van der Waals surface area contributed by atoms with Gasteiger partial charge in [-0.25, -0.2) is 22.5 Å². The number of thiazole rings is 1. The van der Waals surface area contributed by atoms with Crippen molar-refractivity contribution in [2.24, 2.45) is 0 Å². The third-order valence-corrected chi connectivity index (χ3v) is 5.86. The standard InChI is InChI=1S/C12H14FN3O2S2/c1-7(9-5-3-4-6-10(9)13)16-20(17,18)11-8(2)15-12(14)19-11/h3-7,16H,1-2H3,(H2,14,15). The van der Waals surface area contributed by atoms with Crippen LogP contribution in [0.3, 0.4) is 0 Å². The van der Waals surface area contributed by atoms with Crippen molar-refractivity contribution in [3.05, 3.63) is 41.3 Å². The van der Waals surface area contributed by atoms with Gasteiger partial charge < -0.3 is 5.73 Å². The third kappa shape index (κ3) is 2.97. The zero-order valence-corrected chi connectivity index (χ0v) is 12.6. The highest BCUT2D eigenvalue weighted by molar-refractivity contribution is 7.91. The van der Waals surface area contributed by atoms with E-state index in [-0.39, 0.29) is 14.9 Å². The lowest BCUT2D eigenvalue weighted by Crippen LogP contribution is -2.27. The average Bonchev–Trinajstić information content (AvgIpc) is 2.69. The molecule has 1 unspecified atom stereocenters. The highest BCUT2D eigenvalue weighted by atomic mass is 32.2. The fourth-order valence-corrected chi connectivity index (χ4v) is 4.37. The average molecular weight is 315 g/mol. The summed E-state index contributed by atoms with van der Waals surface area (Å²) in [5, 5.41) is 0.182. The van der Waals surface area contributed by atoms with Gasteiger partial charge in [0.1, 0.15) is 5.82 Å². The molecule has 5 nitrogen and oxygen atoms in total. The second-order valence-electron chi connectivity index (χ2n) is 4.29. The maximum Gasteiger partial charge on any atom is 0.252 e. The summed E-state index contributed by atoms with van der Waals surface area (Å²) in [5.74, 6) is -0.455. The molecule has 0 aliphatic heterocycles. The molecule has 0 bridgehead atoms. The van der Waals surface area contributed by atoms with E-state index in [1.807, 2.05) is 0 Å². The van der Waals surface area contributed by atoms with Crippen LogP contribution in [0.1, 0.15) is 24.2 Å². The quantitative estimate of drug-likeness (QED) is 0.906. The van der Waals surface area contributed by atoms with Gasteiger partial charge in [0, 0.05) is 11.6 Å². The number of rotatable bonds is 4. The minimum atomic E-state index is -3.77. The van der Waals surface area contributed by atoms with E-state index in [0.717, 1.165) is 11.3 Å². The van der Waals surface area contributed by atoms with Gasteiger partial charge in [-0.05, 0) is 19.9 Å². The molecule has 1 heterocycles. The summed E-state index contributed by atoms with van der Waals surface area (Å²) in [5.41, 5.74) is 6.11. The maximum atomic E-state index is 13.6. The summed E-state index contributed by atoms with van der Waals surface area (Å²) in [6, 6.07) is 5.34. The van der Waals surface area contributed by atoms with E-state index in [0.29, 0.717) is 5.69 Å². The number of hydrogen-bond acceptors (Lipinski definition) is 5. The Morgan fingerprint density at radius 1 is 1.40 bits per heavy atom. The molecule has 0 spiro atoms. The minimum Gasteiger partial charge on any atom is -0.375 e. The number of hydrogen-bond donors (Lipinski definition) is 2. The topological polar surface area (TPSA) is 85.1 Å². The van der Waals surface area contributed by atoms with Crippen molar-refractivity contribution in [2.75, 3.05) is 5.73 Å². The van der Waals surface area contributed by atoms with Gasteiger partial charge in [0.2, 0.25) is 0 Å². The number of nitrogens with zero attached hydrogens (tertiary/aromatic N) is 1. The Bertz CT molecular complexity index is 728. The predicted octanol–water partition coefficient (Wildman–Crippen LogP) is 2.21. The second kappa shape index (κ2) is 5.47. The van der Waals surface area contributed by atoms with Crippen molar-refractivity contribution in [1.29, 1.82) is 0 Å². The summed E-state index contributed by atoms with van der Waals surface area (Å²) >= 11 is 0.885. The van der Waals surface area contributed by atoms with E-state index < -0.39 is 21.9 Å². The lowest BCUT2D eigenvalue weighted by molar-refractivity contribution is 0.551. The molecule has 8 heteroatoms. The van der Waals surface area contributed by atoms with E-state index in [1.165, 1.54) is 12.1 Å². The fraction of sp³-hybridized carbons (Fsp3) is 0.250. The third-order valence-electron chi connectivity index (χ3n) is 2.72. The first-order chi connectivity index (χ1) is 9.31. The summed E-state index contributed by atoms with van der Waals surface area (Å²) in [6.45, 7) is 3.14. The summed E-state index contributed by atoms with van der Waals surface area (Å²) in [7, 11) is -3.77. The van der Waals surface area contributed by atoms with Crippen LogP contribution >= 0.6 is 11.3 Å². The normalized spacial score (nSPS) is 13.3. The van der Waals surface area contributed by atoms with Crippen molar-refractivity contribution >= 4 is 26.5 Å². The van der Waals surface area contributed by atoms with Gasteiger partial charge in [0.25, 0.3) is 10.0 Å². The van der Waals surface area contributed by atoms with E-state index >= 15 is 0 Å². The summed E-state index contributed by atoms with van der Waals surface area (Å²) in [4.78, 5) is 3.88. The van der Waals surface area contributed by atoms with Crippen LogP contribution in [0.5, 0.6) is 0 Å². The number of nitrogen functional groups attached to an aromatic ring is 1. The number of anilines is 1. The van der Waals surface area contributed by atoms with Crippen molar-refractivity contribution in [2.45, 2.75) is 24.1 Å². The molecule has 2 rings (SSSR count). The van der Waals surface area contributed by atoms with Gasteiger partial charge in [0.05, 0.1) is 5.69 Å². The van der Waals surface area contributed by atoms with Gasteiger partial charge in [-0.1, -0.05) is 29.5 Å². The van der Waals surface area contributed by atoms with Gasteiger partial charge in [-0.15, -0.1) is 0 Å². The number of nitrogens with one attached hydrogen (secondary N) is 1. The van der Waals surface area contributed by atoms with Crippen LogP contribution in [0.2, 0.25) is 0 Å². The molecule has 1 aromatic heterocycles. The largest absolute Gasteiger partial charge is 0.375 e. The Morgan fingerprint density at radius 3 is 2.60 bits per heavy atom. The van der Waals surface area contributed by atoms with Crippen LogP contribution < -0.4 is 10.5 Å². The number of aromatic nitrogens is 1. The minimum absolute atomic E-state index is 0.0539. The molecule has 0 aliphatic rings. The molecule has 108 valence electrons. The molecule has 0 radical (unpaired) electrons. The van der Waals surface area contributed by atoms with E-state index in [1.54, 1.807) is 26.0 Å². The van der Waals surface area contributed by atoms with Gasteiger partial charge >= 0.3 is 0 Å². The van der Waals surface area contributed by atoms with Gasteiger partial charge in [-0.2, -0.15) is 0 Å². The molecule has 0 amide bonds. The fourth-order valence-electron chi connectivity index (χ4n) is 1.83. The van der Waals surface area contributed by atoms with Gasteiger partial charge in [0.15, 0.2) is 9.34 Å². The summed E-state index contributed by atoms with van der Waals surface area (Å²) in [6.07, 6.45) is 0. The lowest BCUT2D eigenvalue weighted by atomic mass is 10.1. The lowest BCUT2D eigenvalue weighted by Gasteiger charge is -2.14. The van der Waals surface area contributed by atoms with Crippen LogP contribution in [-0.4, -0.2) is 13.4 Å². The van der Waals surface area contributed by atoms with Crippen molar-refractivity contribution in [3.63, 3.8) is 0 Å². The Labute approximate surface area is 120 Å². The number of halogens is 1. The van der Waals surface area contributed by atoms with Crippen LogP contribution in [-0.2, 0) is 10.0 Å². The molecule has 2 aromatic rings. The molecular formula is C12H14FN3O2S2. The molecule has 1 atom stereocenters. The number of benzene rings is 1. The maximum absolute atomic E-state index is 13.6. The molecule has 20 heavy (non-hydrogen) atoms. The highest BCUT2D eigenvalue weighted by Gasteiger charge is 2.24. The molecule has 0 saturated heterocycles. The first kappa shape index (κ1) is 14.9. The van der Waals surface area contributed by atoms with Crippen molar-refractivity contribution in [3.8, 4) is 0 Å². The first-order valence-electron chi connectivity index (χ1n) is 5.81. The monoisotopic (exact) mass is 315 g/mol. The smallest absolute Gasteiger partial charge is 0.252 e. The molecular weight excluding hydrogens is 301 g/mol. The van der Waals surface area contributed by atoms with E-state index in [2.05, 4.69) is 9.71 Å². The molecule has 3 N–H and O–H groups in total. The zero-order valence-electron chi connectivity index (χ0n) is 10.9. The number of nitrogens with two attached hydrogens (primary N) is 1. The van der Waals surface area contributed by atoms with Gasteiger partial charge in [-0.3, -0.25) is 0 Å². The van der Waals surface area contributed by atoms with Crippen LogP contribution in [0, 0.1) is 12.7 Å². The zero-order chi connectivity index (χ0) is 14.9. The highest BCUT2D eigenvalue weighted by Crippen LogP contribution is 2.27. The van der Waals surface area contributed by atoms with Crippen LogP contribution in [0.15, 0.2) is 28.5 Å². The van der Waals surface area contributed by atoms with Crippen molar-refractivity contribution in [1.82, 2.24) is 9.71 Å². The van der Waals surface area contributed by atoms with Crippen LogP contribution in [0.4, 0.5) is 9.52 Å². The summed E-state index contributed by atoms with van der Waals surface area (Å²) < 4.78 is 40.6. The Balaban J connectivity index is 2.29. The SMILES string of the molecule is Cc1nc(N)sc1S(=O)(=O)NC(C)c1ccccc1F. The van der Waals surface area contributed by atoms with E-state index in [4.69, 9.17) is 5.73 Å². The van der Waals surface area contributed by atoms with Crippen LogP contribution in [0.25, 0.3) is 0 Å². The number of aryl methyl sites for hydroxylation is 1. The Hall–Kier alpha value is -1.51. The Morgan fingerprint density at radius 2 is 2.05 bits per heavy atom. The van der Waals surface area contributed by atoms with Crippen molar-refractivity contribution < 1.29 is 12.8 Å². The Kier molecular flexibility index (Phi) is 4.07. The molecule has 1 aromatic carbocycles. The second-order valence-corrected chi connectivity index (χ2v) is 7.23. The first-order valence-corrected chi connectivity index (χ1v) is 8.11. The molecule has 0 aliphatic carbocycles. The number of sulfonamides is 1.